The summed E-state index contributed by atoms with van der Waals surface area (Å²) in [6.07, 6.45) is -2.96. The van der Waals surface area contributed by atoms with E-state index in [1.807, 2.05) is 12.1 Å². The molecular formula is C13H14F4N2O. The molecule has 1 atom stereocenters. The Balaban J connectivity index is 2.00. The fraction of sp³-hybridized carbons (Fsp3) is 0.462. The number of hydrogen-bond acceptors (Lipinski definition) is 2. The second-order valence-corrected chi connectivity index (χ2v) is 4.68. The topological polar surface area (TPSA) is 41.1 Å². The van der Waals surface area contributed by atoms with Crippen molar-refractivity contribution in [2.45, 2.75) is 31.2 Å². The molecule has 0 aromatic heterocycles. The number of anilines is 1. The first-order chi connectivity index (χ1) is 9.40. The van der Waals surface area contributed by atoms with Crippen LogP contribution in [0.2, 0.25) is 0 Å². The standard InChI is InChI=1S/C13H14F4N2O/c14-12(15)13(16,17)7-18-10-6-5-8-3-1-2-4-9(8)19-11(10)20/h1-4,10,12,18H,5-7H2,(H,19,20). The largest absolute Gasteiger partial charge is 0.324 e. The highest BCUT2D eigenvalue weighted by Crippen LogP contribution is 2.24. The van der Waals surface area contributed by atoms with Crippen LogP contribution in [-0.4, -0.2) is 30.8 Å². The van der Waals surface area contributed by atoms with Gasteiger partial charge in [0.15, 0.2) is 0 Å². The molecule has 3 nitrogen and oxygen atoms in total. The highest BCUT2D eigenvalue weighted by Gasteiger charge is 2.41. The molecule has 0 radical (unpaired) electrons. The van der Waals surface area contributed by atoms with E-state index < -0.39 is 30.8 Å². The van der Waals surface area contributed by atoms with Gasteiger partial charge in [-0.3, -0.25) is 10.1 Å². The van der Waals surface area contributed by atoms with E-state index >= 15 is 0 Å². The number of halogens is 4. The zero-order valence-electron chi connectivity index (χ0n) is 10.5. The van der Waals surface area contributed by atoms with Gasteiger partial charge in [-0.15, -0.1) is 0 Å². The SMILES string of the molecule is O=C1Nc2ccccc2CCC1NCC(F)(F)C(F)F. The van der Waals surface area contributed by atoms with Crippen LogP contribution in [0, 0.1) is 0 Å². The van der Waals surface area contributed by atoms with E-state index in [1.165, 1.54) is 0 Å². The molecule has 7 heteroatoms. The van der Waals surface area contributed by atoms with Crippen molar-refractivity contribution >= 4 is 11.6 Å². The number of benzene rings is 1. The number of alkyl halides is 4. The van der Waals surface area contributed by atoms with Crippen molar-refractivity contribution in [3.05, 3.63) is 29.8 Å². The minimum atomic E-state index is -4.14. The predicted octanol–water partition coefficient (Wildman–Crippen LogP) is 2.43. The van der Waals surface area contributed by atoms with Crippen LogP contribution < -0.4 is 10.6 Å². The molecule has 0 saturated heterocycles. The van der Waals surface area contributed by atoms with E-state index in [4.69, 9.17) is 0 Å². The normalized spacial score (nSPS) is 19.4. The molecule has 0 fully saturated rings. The Hall–Kier alpha value is -1.63. The first kappa shape index (κ1) is 14.8. The molecule has 1 aliphatic heterocycles. The van der Waals surface area contributed by atoms with E-state index in [1.54, 1.807) is 12.1 Å². The number of fused-ring (bicyclic) bond motifs is 1. The first-order valence-corrected chi connectivity index (χ1v) is 6.18. The maximum absolute atomic E-state index is 12.8. The monoisotopic (exact) mass is 290 g/mol. The number of carbonyl (C=O) groups is 1. The summed E-state index contributed by atoms with van der Waals surface area (Å²) in [6, 6.07) is 6.18. The maximum Gasteiger partial charge on any atom is 0.319 e. The van der Waals surface area contributed by atoms with Crippen LogP contribution in [0.4, 0.5) is 23.2 Å². The van der Waals surface area contributed by atoms with E-state index in [2.05, 4.69) is 10.6 Å². The average Bonchev–Trinajstić information content (AvgIpc) is 2.55. The smallest absolute Gasteiger partial charge is 0.319 e. The molecule has 20 heavy (non-hydrogen) atoms. The van der Waals surface area contributed by atoms with Gasteiger partial charge in [0.05, 0.1) is 12.6 Å². The lowest BCUT2D eigenvalue weighted by atomic mass is 10.1. The van der Waals surface area contributed by atoms with Gasteiger partial charge in [0.1, 0.15) is 0 Å². The van der Waals surface area contributed by atoms with Crippen molar-refractivity contribution in [3.63, 3.8) is 0 Å². The fourth-order valence-electron chi connectivity index (χ4n) is 2.04. The quantitative estimate of drug-likeness (QED) is 0.836. The highest BCUT2D eigenvalue weighted by atomic mass is 19.3. The third-order valence-electron chi connectivity index (χ3n) is 3.20. The molecule has 0 bridgehead atoms. The Kier molecular flexibility index (Phi) is 4.27. The lowest BCUT2D eigenvalue weighted by molar-refractivity contribution is -0.130. The van der Waals surface area contributed by atoms with Crippen LogP contribution in [0.5, 0.6) is 0 Å². The Labute approximate surface area is 113 Å². The van der Waals surface area contributed by atoms with Crippen LogP contribution >= 0.6 is 0 Å². The summed E-state index contributed by atoms with van der Waals surface area (Å²) in [4.78, 5) is 11.9. The number of aryl methyl sites for hydroxylation is 1. The van der Waals surface area contributed by atoms with Crippen molar-refractivity contribution in [3.8, 4) is 0 Å². The Morgan fingerprint density at radius 2 is 2.05 bits per heavy atom. The number of rotatable bonds is 4. The summed E-state index contributed by atoms with van der Waals surface area (Å²) in [5, 5.41) is 4.83. The Morgan fingerprint density at radius 3 is 2.75 bits per heavy atom. The van der Waals surface area contributed by atoms with Gasteiger partial charge in [-0.25, -0.2) is 8.78 Å². The molecule has 1 aliphatic rings. The van der Waals surface area contributed by atoms with Crippen molar-refractivity contribution in [2.75, 3.05) is 11.9 Å². The van der Waals surface area contributed by atoms with Gasteiger partial charge in [0, 0.05) is 5.69 Å². The van der Waals surface area contributed by atoms with Crippen molar-refractivity contribution in [1.29, 1.82) is 0 Å². The van der Waals surface area contributed by atoms with Gasteiger partial charge in [0.25, 0.3) is 0 Å². The van der Waals surface area contributed by atoms with Gasteiger partial charge in [-0.2, -0.15) is 8.78 Å². The van der Waals surface area contributed by atoms with Gasteiger partial charge in [-0.05, 0) is 24.5 Å². The molecule has 0 spiro atoms. The lowest BCUT2D eigenvalue weighted by Crippen LogP contribution is -2.47. The molecule has 1 aromatic rings. The molecule has 1 amide bonds. The van der Waals surface area contributed by atoms with Gasteiger partial charge in [0.2, 0.25) is 5.91 Å². The third kappa shape index (κ3) is 3.27. The fourth-order valence-corrected chi connectivity index (χ4v) is 2.04. The van der Waals surface area contributed by atoms with Crippen LogP contribution in [0.1, 0.15) is 12.0 Å². The van der Waals surface area contributed by atoms with E-state index in [0.717, 1.165) is 5.56 Å². The number of amides is 1. The van der Waals surface area contributed by atoms with Crippen LogP contribution in [0.15, 0.2) is 24.3 Å². The van der Waals surface area contributed by atoms with E-state index in [-0.39, 0.29) is 6.42 Å². The third-order valence-corrected chi connectivity index (χ3v) is 3.20. The first-order valence-electron chi connectivity index (χ1n) is 6.18. The zero-order chi connectivity index (χ0) is 14.8. The summed E-state index contributed by atoms with van der Waals surface area (Å²) in [7, 11) is 0. The van der Waals surface area contributed by atoms with Crippen LogP contribution in [0.3, 0.4) is 0 Å². The summed E-state index contributed by atoms with van der Waals surface area (Å²) in [6.45, 7) is -1.22. The molecule has 1 unspecified atom stereocenters. The molecule has 1 aromatic carbocycles. The summed E-state index contributed by atoms with van der Waals surface area (Å²) in [5.74, 6) is -4.63. The molecule has 110 valence electrons. The van der Waals surface area contributed by atoms with Gasteiger partial charge >= 0.3 is 12.3 Å². The minimum Gasteiger partial charge on any atom is -0.324 e. The molecule has 2 N–H and O–H groups in total. The van der Waals surface area contributed by atoms with Crippen LogP contribution in [-0.2, 0) is 11.2 Å². The van der Waals surface area contributed by atoms with Gasteiger partial charge in [-0.1, -0.05) is 18.2 Å². The van der Waals surface area contributed by atoms with Crippen molar-refractivity contribution in [2.24, 2.45) is 0 Å². The zero-order valence-corrected chi connectivity index (χ0v) is 10.5. The number of nitrogens with one attached hydrogen (secondary N) is 2. The molecule has 1 heterocycles. The van der Waals surface area contributed by atoms with Gasteiger partial charge < -0.3 is 5.32 Å². The molecular weight excluding hydrogens is 276 g/mol. The van der Waals surface area contributed by atoms with E-state index in [9.17, 15) is 22.4 Å². The minimum absolute atomic E-state index is 0.280. The predicted molar refractivity (Wildman–Crippen MR) is 66.1 cm³/mol. The number of hydrogen-bond donors (Lipinski definition) is 2. The lowest BCUT2D eigenvalue weighted by Gasteiger charge is -2.20. The molecule has 2 rings (SSSR count). The van der Waals surface area contributed by atoms with Crippen molar-refractivity contribution < 1.29 is 22.4 Å². The average molecular weight is 290 g/mol. The number of carbonyl (C=O) groups excluding carboxylic acids is 1. The van der Waals surface area contributed by atoms with E-state index in [0.29, 0.717) is 12.1 Å². The number of para-hydroxylation sites is 1. The Bertz CT molecular complexity index is 493. The summed E-state index contributed by atoms with van der Waals surface area (Å²) >= 11 is 0. The second-order valence-electron chi connectivity index (χ2n) is 4.68. The Morgan fingerprint density at radius 1 is 1.35 bits per heavy atom. The molecule has 0 saturated carbocycles. The summed E-state index contributed by atoms with van der Waals surface area (Å²) < 4.78 is 49.8. The highest BCUT2D eigenvalue weighted by molar-refractivity contribution is 5.96. The van der Waals surface area contributed by atoms with Crippen LogP contribution in [0.25, 0.3) is 0 Å². The second kappa shape index (κ2) is 5.78. The maximum atomic E-state index is 12.8. The van der Waals surface area contributed by atoms with Crippen molar-refractivity contribution in [1.82, 2.24) is 5.32 Å². The summed E-state index contributed by atoms with van der Waals surface area (Å²) in [5.41, 5.74) is 1.52. The molecule has 0 aliphatic carbocycles.